The molecule has 20 heavy (non-hydrogen) atoms. The fourth-order valence-corrected chi connectivity index (χ4v) is 2.59. The van der Waals surface area contributed by atoms with Crippen molar-refractivity contribution in [1.82, 2.24) is 5.32 Å². The number of benzene rings is 2. The average molecular weight is 290 g/mol. The molecule has 0 heterocycles. The minimum Gasteiger partial charge on any atom is -0.375 e. The van der Waals surface area contributed by atoms with Crippen LogP contribution in [-0.4, -0.2) is 14.2 Å². The Labute approximate surface area is 125 Å². The Kier molecular flexibility index (Phi) is 5.18. The molecule has 2 atom stereocenters. The van der Waals surface area contributed by atoms with E-state index in [4.69, 9.17) is 16.3 Å². The smallest absolute Gasteiger partial charge is 0.102 e. The van der Waals surface area contributed by atoms with Gasteiger partial charge in [0.1, 0.15) is 6.10 Å². The Morgan fingerprint density at radius 3 is 2.30 bits per heavy atom. The van der Waals surface area contributed by atoms with Crippen LogP contribution in [0, 0.1) is 6.92 Å². The lowest BCUT2D eigenvalue weighted by Gasteiger charge is -2.27. The molecule has 0 aliphatic heterocycles. The first-order valence-corrected chi connectivity index (χ1v) is 7.06. The van der Waals surface area contributed by atoms with E-state index in [-0.39, 0.29) is 12.1 Å². The molecule has 0 saturated carbocycles. The van der Waals surface area contributed by atoms with E-state index in [0.717, 1.165) is 21.7 Å². The molecule has 106 valence electrons. The van der Waals surface area contributed by atoms with Gasteiger partial charge in [-0.3, -0.25) is 0 Å². The maximum absolute atomic E-state index is 6.24. The van der Waals surface area contributed by atoms with Gasteiger partial charge in [-0.2, -0.15) is 0 Å². The van der Waals surface area contributed by atoms with Crippen molar-refractivity contribution >= 4 is 11.6 Å². The van der Waals surface area contributed by atoms with Gasteiger partial charge in [-0.05, 0) is 36.7 Å². The highest BCUT2D eigenvalue weighted by atomic mass is 35.5. The lowest BCUT2D eigenvalue weighted by Crippen LogP contribution is -2.25. The Balaban J connectivity index is 2.36. The summed E-state index contributed by atoms with van der Waals surface area (Å²) in [4.78, 5) is 0. The molecule has 2 unspecified atom stereocenters. The fourth-order valence-electron chi connectivity index (χ4n) is 2.40. The van der Waals surface area contributed by atoms with Crippen LogP contribution in [0.25, 0.3) is 0 Å². The minimum absolute atomic E-state index is 0.0556. The van der Waals surface area contributed by atoms with Gasteiger partial charge >= 0.3 is 0 Å². The normalized spacial score (nSPS) is 14.0. The van der Waals surface area contributed by atoms with Crippen molar-refractivity contribution in [3.05, 3.63) is 70.2 Å². The molecular weight excluding hydrogens is 270 g/mol. The summed E-state index contributed by atoms with van der Waals surface area (Å²) in [6, 6.07) is 16.4. The lowest BCUT2D eigenvalue weighted by molar-refractivity contribution is 0.0702. The number of hydrogen-bond acceptors (Lipinski definition) is 2. The number of ether oxygens (including phenoxy) is 1. The topological polar surface area (TPSA) is 21.3 Å². The van der Waals surface area contributed by atoms with Crippen LogP contribution in [0.1, 0.15) is 28.8 Å². The fraction of sp³-hybridized carbons (Fsp3) is 0.294. The van der Waals surface area contributed by atoms with E-state index in [2.05, 4.69) is 23.5 Å². The Bertz CT molecular complexity index is 556. The summed E-state index contributed by atoms with van der Waals surface area (Å²) in [5, 5.41) is 4.11. The summed E-state index contributed by atoms with van der Waals surface area (Å²) >= 11 is 6.24. The third-order valence-corrected chi connectivity index (χ3v) is 3.96. The molecule has 1 N–H and O–H groups in total. The van der Waals surface area contributed by atoms with Crippen molar-refractivity contribution in [2.75, 3.05) is 14.2 Å². The number of halogens is 1. The van der Waals surface area contributed by atoms with Crippen LogP contribution in [0.2, 0.25) is 5.02 Å². The van der Waals surface area contributed by atoms with Gasteiger partial charge in [-0.1, -0.05) is 54.1 Å². The zero-order valence-electron chi connectivity index (χ0n) is 12.1. The van der Waals surface area contributed by atoms with Crippen molar-refractivity contribution in [1.29, 1.82) is 0 Å². The molecule has 2 aromatic rings. The summed E-state index contributed by atoms with van der Waals surface area (Å²) in [6.45, 7) is 2.01. The highest BCUT2D eigenvalue weighted by Gasteiger charge is 2.23. The van der Waals surface area contributed by atoms with Crippen molar-refractivity contribution in [3.8, 4) is 0 Å². The molecule has 0 saturated heterocycles. The first-order chi connectivity index (χ1) is 9.67. The van der Waals surface area contributed by atoms with E-state index in [9.17, 15) is 0 Å². The average Bonchev–Trinajstić information content (AvgIpc) is 2.48. The molecule has 3 heteroatoms. The monoisotopic (exact) mass is 289 g/mol. The molecule has 0 bridgehead atoms. The van der Waals surface area contributed by atoms with Gasteiger partial charge in [-0.15, -0.1) is 0 Å². The highest BCUT2D eigenvalue weighted by molar-refractivity contribution is 6.31. The highest BCUT2D eigenvalue weighted by Crippen LogP contribution is 2.33. The molecule has 0 aliphatic carbocycles. The summed E-state index contributed by atoms with van der Waals surface area (Å²) in [5.41, 5.74) is 3.35. The zero-order valence-corrected chi connectivity index (χ0v) is 12.8. The predicted octanol–water partition coefficient (Wildman–Crippen LogP) is 4.30. The van der Waals surface area contributed by atoms with Crippen LogP contribution in [0.5, 0.6) is 0 Å². The van der Waals surface area contributed by atoms with E-state index in [1.165, 1.54) is 0 Å². The third-order valence-electron chi connectivity index (χ3n) is 3.55. The van der Waals surface area contributed by atoms with Gasteiger partial charge in [0.25, 0.3) is 0 Å². The maximum atomic E-state index is 6.24. The van der Waals surface area contributed by atoms with Crippen LogP contribution in [0.15, 0.2) is 48.5 Å². The van der Waals surface area contributed by atoms with Gasteiger partial charge in [-0.25, -0.2) is 0 Å². The van der Waals surface area contributed by atoms with E-state index in [1.807, 2.05) is 44.3 Å². The minimum atomic E-state index is -0.0556. The van der Waals surface area contributed by atoms with Gasteiger partial charge in [0.2, 0.25) is 0 Å². The number of likely N-dealkylation sites (N-methyl/N-ethyl adjacent to an activating group) is 1. The second kappa shape index (κ2) is 6.89. The SMILES string of the molecule is CNC(c1ccc(C)c(Cl)c1)C(OC)c1ccccc1. The predicted molar refractivity (Wildman–Crippen MR) is 84.2 cm³/mol. The Morgan fingerprint density at radius 2 is 1.75 bits per heavy atom. The van der Waals surface area contributed by atoms with Crippen LogP contribution in [0.4, 0.5) is 0 Å². The lowest BCUT2D eigenvalue weighted by atomic mass is 9.95. The van der Waals surface area contributed by atoms with Gasteiger partial charge in [0, 0.05) is 12.1 Å². The standard InChI is InChI=1S/C17H20ClNO/c1-12-9-10-14(11-15(12)18)16(19-2)17(20-3)13-7-5-4-6-8-13/h4-11,16-17,19H,1-3H3. The molecule has 0 amide bonds. The molecule has 0 aromatic heterocycles. The molecule has 2 rings (SSSR count). The number of aryl methyl sites for hydroxylation is 1. The summed E-state index contributed by atoms with van der Waals surface area (Å²) < 4.78 is 5.71. The van der Waals surface area contributed by atoms with Crippen LogP contribution >= 0.6 is 11.6 Å². The second-order valence-corrected chi connectivity index (χ2v) is 5.25. The molecule has 0 radical (unpaired) electrons. The zero-order chi connectivity index (χ0) is 14.5. The Hall–Kier alpha value is -1.35. The number of nitrogens with one attached hydrogen (secondary N) is 1. The van der Waals surface area contributed by atoms with Gasteiger partial charge < -0.3 is 10.1 Å². The first-order valence-electron chi connectivity index (χ1n) is 6.68. The van der Waals surface area contributed by atoms with Crippen molar-refractivity contribution in [2.45, 2.75) is 19.1 Å². The van der Waals surface area contributed by atoms with Gasteiger partial charge in [0.15, 0.2) is 0 Å². The van der Waals surface area contributed by atoms with Crippen LogP contribution in [-0.2, 0) is 4.74 Å². The number of hydrogen-bond donors (Lipinski definition) is 1. The van der Waals surface area contributed by atoms with Crippen LogP contribution < -0.4 is 5.32 Å². The molecule has 0 spiro atoms. The number of rotatable bonds is 5. The Morgan fingerprint density at radius 1 is 1.05 bits per heavy atom. The molecule has 2 aromatic carbocycles. The van der Waals surface area contributed by atoms with E-state index in [0.29, 0.717) is 0 Å². The van der Waals surface area contributed by atoms with E-state index < -0.39 is 0 Å². The summed E-state index contributed by atoms with van der Waals surface area (Å²) in [7, 11) is 3.67. The molecular formula is C17H20ClNO. The first kappa shape index (κ1) is 15.0. The quantitative estimate of drug-likeness (QED) is 0.886. The van der Waals surface area contributed by atoms with Gasteiger partial charge in [0.05, 0.1) is 6.04 Å². The second-order valence-electron chi connectivity index (χ2n) is 4.84. The van der Waals surface area contributed by atoms with E-state index >= 15 is 0 Å². The number of methoxy groups -OCH3 is 1. The van der Waals surface area contributed by atoms with Crippen molar-refractivity contribution < 1.29 is 4.74 Å². The molecule has 0 aliphatic rings. The van der Waals surface area contributed by atoms with Crippen LogP contribution in [0.3, 0.4) is 0 Å². The molecule has 0 fully saturated rings. The summed E-state index contributed by atoms with van der Waals surface area (Å²) in [5.74, 6) is 0. The maximum Gasteiger partial charge on any atom is 0.102 e. The molecule has 2 nitrogen and oxygen atoms in total. The third kappa shape index (κ3) is 3.21. The van der Waals surface area contributed by atoms with Crippen molar-refractivity contribution in [2.24, 2.45) is 0 Å². The van der Waals surface area contributed by atoms with Crippen molar-refractivity contribution in [3.63, 3.8) is 0 Å². The summed E-state index contributed by atoms with van der Waals surface area (Å²) in [6.07, 6.45) is -0.0556. The van der Waals surface area contributed by atoms with E-state index in [1.54, 1.807) is 7.11 Å². The largest absolute Gasteiger partial charge is 0.375 e.